The van der Waals surface area contributed by atoms with Gasteiger partial charge in [0.25, 0.3) is 0 Å². The number of rotatable bonds is 3. The fourth-order valence-corrected chi connectivity index (χ4v) is 5.12. The number of nitriles is 1. The van der Waals surface area contributed by atoms with E-state index in [-0.39, 0.29) is 11.7 Å². The van der Waals surface area contributed by atoms with Gasteiger partial charge in [-0.05, 0) is 103 Å². The summed E-state index contributed by atoms with van der Waals surface area (Å²) in [6.07, 6.45) is 9.02. The molecule has 2 aromatic carbocycles. The first-order valence-corrected chi connectivity index (χ1v) is 10.5. The number of hydrogen-bond acceptors (Lipinski definition) is 1. The van der Waals surface area contributed by atoms with Crippen molar-refractivity contribution in [2.24, 2.45) is 5.92 Å². The van der Waals surface area contributed by atoms with Crippen LogP contribution in [0.25, 0.3) is 0 Å². The topological polar surface area (TPSA) is 23.8 Å². The molecule has 2 aliphatic rings. The Morgan fingerprint density at radius 2 is 1.78 bits per heavy atom. The second-order valence-corrected chi connectivity index (χ2v) is 8.44. The first-order chi connectivity index (χ1) is 13.2. The highest BCUT2D eigenvalue weighted by molar-refractivity contribution is 5.41. The maximum Gasteiger partial charge on any atom is 0.126 e. The summed E-state index contributed by atoms with van der Waals surface area (Å²) >= 11 is 0. The van der Waals surface area contributed by atoms with Crippen LogP contribution in [0.15, 0.2) is 36.4 Å². The molecule has 0 aliphatic heterocycles. The van der Waals surface area contributed by atoms with Gasteiger partial charge in [0.1, 0.15) is 5.82 Å². The fraction of sp³-hybridized carbons (Fsp3) is 0.480. The molecule has 140 valence electrons. The average molecular weight is 362 g/mol. The fourth-order valence-electron chi connectivity index (χ4n) is 5.12. The van der Waals surface area contributed by atoms with Crippen molar-refractivity contribution in [3.8, 4) is 6.07 Å². The summed E-state index contributed by atoms with van der Waals surface area (Å²) < 4.78 is 15.0. The molecule has 0 amide bonds. The number of hydrogen-bond donors (Lipinski definition) is 0. The molecule has 1 fully saturated rings. The van der Waals surface area contributed by atoms with Gasteiger partial charge < -0.3 is 0 Å². The van der Waals surface area contributed by atoms with E-state index in [1.807, 2.05) is 18.2 Å². The third kappa shape index (κ3) is 3.79. The van der Waals surface area contributed by atoms with E-state index < -0.39 is 0 Å². The van der Waals surface area contributed by atoms with Gasteiger partial charge in [-0.2, -0.15) is 5.26 Å². The minimum absolute atomic E-state index is 0.0211. The second kappa shape index (κ2) is 7.85. The zero-order chi connectivity index (χ0) is 18.8. The van der Waals surface area contributed by atoms with Gasteiger partial charge in [0.2, 0.25) is 0 Å². The van der Waals surface area contributed by atoms with Crippen molar-refractivity contribution < 1.29 is 4.39 Å². The summed E-state index contributed by atoms with van der Waals surface area (Å²) in [6.45, 7) is 2.28. The van der Waals surface area contributed by atoms with Crippen LogP contribution in [0.1, 0.15) is 85.1 Å². The molecular weight excluding hydrogens is 333 g/mol. The van der Waals surface area contributed by atoms with Crippen molar-refractivity contribution in [3.05, 3.63) is 70.0 Å². The van der Waals surface area contributed by atoms with E-state index in [1.165, 1.54) is 48.8 Å². The maximum absolute atomic E-state index is 15.0. The summed E-state index contributed by atoms with van der Waals surface area (Å²) in [6, 6.07) is 14.2. The molecule has 4 rings (SSSR count). The van der Waals surface area contributed by atoms with Gasteiger partial charge in [-0.25, -0.2) is 4.39 Å². The van der Waals surface area contributed by atoms with Crippen LogP contribution in [-0.4, -0.2) is 0 Å². The third-order valence-corrected chi connectivity index (χ3v) is 6.92. The van der Waals surface area contributed by atoms with Crippen LogP contribution in [0.5, 0.6) is 0 Å². The molecule has 0 saturated heterocycles. The summed E-state index contributed by atoms with van der Waals surface area (Å²) in [5.74, 6) is 1.63. The molecule has 2 heteroatoms. The minimum atomic E-state index is -0.0211. The van der Waals surface area contributed by atoms with Gasteiger partial charge in [-0.1, -0.05) is 31.5 Å². The first-order valence-electron chi connectivity index (χ1n) is 10.5. The lowest BCUT2D eigenvalue weighted by molar-refractivity contribution is 0.318. The predicted octanol–water partition coefficient (Wildman–Crippen LogP) is 6.65. The van der Waals surface area contributed by atoms with Crippen LogP contribution in [0.4, 0.5) is 4.39 Å². The van der Waals surface area contributed by atoms with Gasteiger partial charge >= 0.3 is 0 Å². The Bertz CT molecular complexity index is 855. The molecule has 1 saturated carbocycles. The standard InChI is InChI=1S/C25H28FN/c1-2-17-3-6-19(7-4-17)22-11-12-24(25(26)15-22)23-10-9-20-13-18(16-27)5-8-21(20)14-23/h5,8,11-13,15,17,19,23H,2-4,6-7,9-10,14H2,1H3. The molecule has 0 aromatic heterocycles. The van der Waals surface area contributed by atoms with E-state index in [0.29, 0.717) is 5.92 Å². The lowest BCUT2D eigenvalue weighted by atomic mass is 9.76. The zero-order valence-corrected chi connectivity index (χ0v) is 16.2. The van der Waals surface area contributed by atoms with Crippen LogP contribution < -0.4 is 0 Å². The molecule has 0 N–H and O–H groups in total. The Labute approximate surface area is 162 Å². The van der Waals surface area contributed by atoms with Crippen LogP contribution in [0.2, 0.25) is 0 Å². The van der Waals surface area contributed by atoms with Crippen LogP contribution in [0.3, 0.4) is 0 Å². The highest BCUT2D eigenvalue weighted by Gasteiger charge is 2.25. The maximum atomic E-state index is 15.0. The van der Waals surface area contributed by atoms with Crippen LogP contribution in [0, 0.1) is 23.1 Å². The molecule has 27 heavy (non-hydrogen) atoms. The Kier molecular flexibility index (Phi) is 5.30. The van der Waals surface area contributed by atoms with Crippen molar-refractivity contribution in [2.75, 3.05) is 0 Å². The van der Waals surface area contributed by atoms with Crippen molar-refractivity contribution >= 4 is 0 Å². The minimum Gasteiger partial charge on any atom is -0.207 e. The molecule has 1 unspecified atom stereocenters. The normalized spacial score (nSPS) is 24.9. The van der Waals surface area contributed by atoms with Crippen molar-refractivity contribution in [1.29, 1.82) is 5.26 Å². The molecule has 0 radical (unpaired) electrons. The highest BCUT2D eigenvalue weighted by Crippen LogP contribution is 2.39. The first kappa shape index (κ1) is 18.2. The Hall–Kier alpha value is -2.14. The van der Waals surface area contributed by atoms with E-state index in [1.54, 1.807) is 0 Å². The number of nitrogens with zero attached hydrogens (tertiary/aromatic N) is 1. The largest absolute Gasteiger partial charge is 0.207 e. The smallest absolute Gasteiger partial charge is 0.126 e. The monoisotopic (exact) mass is 361 g/mol. The van der Waals surface area contributed by atoms with E-state index in [4.69, 9.17) is 5.26 Å². The SMILES string of the molecule is CCC1CCC(c2ccc(C3CCc4cc(C#N)ccc4C3)c(F)c2)CC1. The predicted molar refractivity (Wildman–Crippen MR) is 107 cm³/mol. The van der Waals surface area contributed by atoms with Gasteiger partial charge in [-0.3, -0.25) is 0 Å². The third-order valence-electron chi connectivity index (χ3n) is 6.92. The molecule has 2 aromatic rings. The summed E-state index contributed by atoms with van der Waals surface area (Å²) in [7, 11) is 0. The summed E-state index contributed by atoms with van der Waals surface area (Å²) in [4.78, 5) is 0. The molecule has 0 heterocycles. The number of benzene rings is 2. The van der Waals surface area contributed by atoms with E-state index >= 15 is 0 Å². The molecular formula is C25H28FN. The quantitative estimate of drug-likeness (QED) is 0.600. The number of halogens is 1. The van der Waals surface area contributed by atoms with Gasteiger partial charge in [0.15, 0.2) is 0 Å². The Morgan fingerprint density at radius 3 is 2.48 bits per heavy atom. The van der Waals surface area contributed by atoms with Gasteiger partial charge in [-0.15, -0.1) is 0 Å². The molecule has 2 aliphatic carbocycles. The van der Waals surface area contributed by atoms with E-state index in [9.17, 15) is 4.39 Å². The molecule has 1 atom stereocenters. The number of aryl methyl sites for hydroxylation is 1. The highest BCUT2D eigenvalue weighted by atomic mass is 19.1. The van der Waals surface area contributed by atoms with E-state index in [2.05, 4.69) is 31.2 Å². The molecule has 1 nitrogen and oxygen atoms in total. The summed E-state index contributed by atoms with van der Waals surface area (Å²) in [5.41, 5.74) is 5.32. The summed E-state index contributed by atoms with van der Waals surface area (Å²) in [5, 5.41) is 9.07. The van der Waals surface area contributed by atoms with Gasteiger partial charge in [0.05, 0.1) is 11.6 Å². The molecule has 0 bridgehead atoms. The molecule has 0 spiro atoms. The Balaban J connectivity index is 1.49. The van der Waals surface area contributed by atoms with Crippen molar-refractivity contribution in [3.63, 3.8) is 0 Å². The van der Waals surface area contributed by atoms with Crippen LogP contribution >= 0.6 is 0 Å². The van der Waals surface area contributed by atoms with Crippen molar-refractivity contribution in [1.82, 2.24) is 0 Å². The Morgan fingerprint density at radius 1 is 0.963 bits per heavy atom. The van der Waals surface area contributed by atoms with E-state index in [0.717, 1.165) is 36.3 Å². The lowest BCUT2D eigenvalue weighted by Gasteiger charge is -2.29. The average Bonchev–Trinajstić information content (AvgIpc) is 2.73. The van der Waals surface area contributed by atoms with Crippen molar-refractivity contribution in [2.45, 2.75) is 70.1 Å². The zero-order valence-electron chi connectivity index (χ0n) is 16.2. The second-order valence-electron chi connectivity index (χ2n) is 8.44. The van der Waals surface area contributed by atoms with Gasteiger partial charge in [0, 0.05) is 0 Å². The van der Waals surface area contributed by atoms with Crippen LogP contribution in [-0.2, 0) is 12.8 Å². The lowest BCUT2D eigenvalue weighted by Crippen LogP contribution is -2.15. The number of fused-ring (bicyclic) bond motifs is 1.